The van der Waals surface area contributed by atoms with Gasteiger partial charge in [0.2, 0.25) is 0 Å². The molecule has 0 radical (unpaired) electrons. The van der Waals surface area contributed by atoms with Gasteiger partial charge in [0.05, 0.1) is 16.8 Å². The van der Waals surface area contributed by atoms with Gasteiger partial charge in [0.1, 0.15) is 17.1 Å². The van der Waals surface area contributed by atoms with Crippen molar-refractivity contribution in [3.63, 3.8) is 0 Å². The molecule has 0 spiro atoms. The van der Waals surface area contributed by atoms with Crippen LogP contribution in [0, 0.1) is 0 Å². The quantitative estimate of drug-likeness (QED) is 0.320. The van der Waals surface area contributed by atoms with Gasteiger partial charge in [0.15, 0.2) is 5.11 Å². The van der Waals surface area contributed by atoms with Crippen LogP contribution < -0.4 is 10.2 Å². The van der Waals surface area contributed by atoms with Gasteiger partial charge in [-0.15, -0.1) is 0 Å². The van der Waals surface area contributed by atoms with Crippen LogP contribution in [0.4, 0.5) is 18.9 Å². The lowest BCUT2D eigenvalue weighted by molar-refractivity contribution is -0.137. The highest BCUT2D eigenvalue weighted by Crippen LogP contribution is 2.33. The summed E-state index contributed by atoms with van der Waals surface area (Å²) in [5.74, 6) is -2.71. The van der Waals surface area contributed by atoms with E-state index in [0.717, 1.165) is 23.1 Å². The van der Waals surface area contributed by atoms with Crippen LogP contribution in [0.25, 0.3) is 17.4 Å². The number of benzene rings is 2. The zero-order valence-electron chi connectivity index (χ0n) is 16.9. The van der Waals surface area contributed by atoms with Crippen molar-refractivity contribution in [2.75, 3.05) is 4.90 Å². The number of halogens is 3. The van der Waals surface area contributed by atoms with Crippen LogP contribution in [0.5, 0.6) is 0 Å². The van der Waals surface area contributed by atoms with Gasteiger partial charge in [-0.2, -0.15) is 13.2 Å². The number of hydrogen-bond acceptors (Lipinski definition) is 5. The smallest absolute Gasteiger partial charge is 0.416 e. The standard InChI is InChI=1S/C23H13F3N2O5S/c24-23(25,26)14-5-1-3-12(9-14)18-8-7-16(33-18)11-17-19(29)27-22(34)28(20(17)30)15-6-2-4-13(10-15)21(31)32/h1-11H,(H,31,32)(H,27,29,34). The molecule has 172 valence electrons. The van der Waals surface area contributed by atoms with E-state index in [4.69, 9.17) is 16.6 Å². The van der Waals surface area contributed by atoms with Crippen molar-refractivity contribution in [1.82, 2.24) is 5.32 Å². The highest BCUT2D eigenvalue weighted by molar-refractivity contribution is 7.80. The van der Waals surface area contributed by atoms with E-state index in [2.05, 4.69) is 5.32 Å². The fourth-order valence-electron chi connectivity index (χ4n) is 3.25. The topological polar surface area (TPSA) is 99.9 Å². The average Bonchev–Trinajstić information content (AvgIpc) is 3.25. The molecule has 0 atom stereocenters. The second kappa shape index (κ2) is 8.60. The summed E-state index contributed by atoms with van der Waals surface area (Å²) in [4.78, 5) is 37.7. The number of rotatable bonds is 4. The molecule has 0 bridgehead atoms. The predicted molar refractivity (Wildman–Crippen MR) is 119 cm³/mol. The average molecular weight is 486 g/mol. The minimum atomic E-state index is -4.53. The van der Waals surface area contributed by atoms with Gasteiger partial charge >= 0.3 is 12.1 Å². The molecule has 0 saturated carbocycles. The molecule has 3 aromatic rings. The first kappa shape index (κ1) is 22.9. The van der Waals surface area contributed by atoms with Gasteiger partial charge in [-0.1, -0.05) is 18.2 Å². The first-order chi connectivity index (χ1) is 16.0. The number of carbonyl (C=O) groups excluding carboxylic acids is 2. The fraction of sp³-hybridized carbons (Fsp3) is 0.0435. The minimum absolute atomic E-state index is 0.0398. The molecule has 2 heterocycles. The molecule has 0 unspecified atom stereocenters. The van der Waals surface area contributed by atoms with E-state index in [-0.39, 0.29) is 39.0 Å². The van der Waals surface area contributed by atoms with Gasteiger partial charge in [-0.25, -0.2) is 4.79 Å². The maximum Gasteiger partial charge on any atom is 0.416 e. The van der Waals surface area contributed by atoms with Crippen LogP contribution in [0.2, 0.25) is 0 Å². The summed E-state index contributed by atoms with van der Waals surface area (Å²) in [6.45, 7) is 0. The second-order valence-corrected chi connectivity index (χ2v) is 7.48. The Morgan fingerprint density at radius 1 is 1.06 bits per heavy atom. The summed E-state index contributed by atoms with van der Waals surface area (Å²) in [6, 6.07) is 12.7. The zero-order chi connectivity index (χ0) is 24.6. The molecule has 1 aromatic heterocycles. The number of anilines is 1. The molecule has 7 nitrogen and oxygen atoms in total. The summed E-state index contributed by atoms with van der Waals surface area (Å²) in [6.07, 6.45) is -3.40. The van der Waals surface area contributed by atoms with E-state index in [1.165, 1.54) is 48.5 Å². The third-order valence-electron chi connectivity index (χ3n) is 4.84. The zero-order valence-corrected chi connectivity index (χ0v) is 17.7. The molecule has 1 aliphatic heterocycles. The van der Waals surface area contributed by atoms with Crippen molar-refractivity contribution in [3.8, 4) is 11.3 Å². The Balaban J connectivity index is 1.67. The maximum absolute atomic E-state index is 13.1. The third-order valence-corrected chi connectivity index (χ3v) is 5.13. The summed E-state index contributed by atoms with van der Waals surface area (Å²) in [5.41, 5.74) is -1.01. The Kier molecular flexibility index (Phi) is 5.80. The first-order valence-electron chi connectivity index (χ1n) is 9.57. The highest BCUT2D eigenvalue weighted by atomic mass is 32.1. The number of hydrogen-bond donors (Lipinski definition) is 2. The number of carboxylic acids is 1. The molecule has 1 aliphatic rings. The lowest BCUT2D eigenvalue weighted by Crippen LogP contribution is -2.54. The van der Waals surface area contributed by atoms with Gasteiger partial charge in [-0.05, 0) is 60.8 Å². The number of amides is 2. The summed E-state index contributed by atoms with van der Waals surface area (Å²) in [5, 5.41) is 11.3. The number of carbonyl (C=O) groups is 3. The molecule has 4 rings (SSSR count). The van der Waals surface area contributed by atoms with E-state index in [0.29, 0.717) is 0 Å². The van der Waals surface area contributed by atoms with Crippen molar-refractivity contribution in [1.29, 1.82) is 0 Å². The first-order valence-corrected chi connectivity index (χ1v) is 9.98. The number of nitrogens with zero attached hydrogens (tertiary/aromatic N) is 1. The van der Waals surface area contributed by atoms with Crippen LogP contribution in [0.3, 0.4) is 0 Å². The van der Waals surface area contributed by atoms with Crippen LogP contribution in [0.15, 0.2) is 70.7 Å². The molecule has 2 amide bonds. The minimum Gasteiger partial charge on any atom is -0.478 e. The number of thiocarbonyl (C=S) groups is 1. The van der Waals surface area contributed by atoms with Crippen molar-refractivity contribution >= 4 is 46.9 Å². The van der Waals surface area contributed by atoms with E-state index in [1.807, 2.05) is 0 Å². The van der Waals surface area contributed by atoms with E-state index >= 15 is 0 Å². The lowest BCUT2D eigenvalue weighted by Gasteiger charge is -2.28. The Morgan fingerprint density at radius 3 is 2.50 bits per heavy atom. The molecular weight excluding hydrogens is 473 g/mol. The highest BCUT2D eigenvalue weighted by Gasteiger charge is 2.35. The Labute approximate surface area is 195 Å². The monoisotopic (exact) mass is 486 g/mol. The molecule has 2 aromatic carbocycles. The van der Waals surface area contributed by atoms with Crippen LogP contribution in [-0.2, 0) is 15.8 Å². The molecular formula is C23H13F3N2O5S. The Morgan fingerprint density at radius 2 is 1.79 bits per heavy atom. The molecule has 1 saturated heterocycles. The normalized spacial score (nSPS) is 15.6. The van der Waals surface area contributed by atoms with Crippen molar-refractivity contribution in [2.45, 2.75) is 6.18 Å². The van der Waals surface area contributed by atoms with Crippen LogP contribution in [-0.4, -0.2) is 28.0 Å². The van der Waals surface area contributed by atoms with E-state index in [9.17, 15) is 32.7 Å². The van der Waals surface area contributed by atoms with E-state index in [1.54, 1.807) is 0 Å². The van der Waals surface area contributed by atoms with Crippen LogP contribution >= 0.6 is 12.2 Å². The lowest BCUT2D eigenvalue weighted by atomic mass is 10.1. The molecule has 2 N–H and O–H groups in total. The van der Waals surface area contributed by atoms with Crippen molar-refractivity contribution in [3.05, 3.63) is 83.1 Å². The third kappa shape index (κ3) is 4.46. The van der Waals surface area contributed by atoms with Crippen LogP contribution in [0.1, 0.15) is 21.7 Å². The Hall–Kier alpha value is -4.25. The van der Waals surface area contributed by atoms with E-state index < -0.39 is 29.5 Å². The summed E-state index contributed by atoms with van der Waals surface area (Å²) < 4.78 is 44.5. The number of alkyl halides is 3. The summed E-state index contributed by atoms with van der Waals surface area (Å²) >= 11 is 5.08. The van der Waals surface area contributed by atoms with Crippen molar-refractivity contribution in [2.24, 2.45) is 0 Å². The number of aromatic carboxylic acids is 1. The van der Waals surface area contributed by atoms with Gasteiger partial charge in [0, 0.05) is 5.56 Å². The fourth-order valence-corrected chi connectivity index (χ4v) is 3.53. The largest absolute Gasteiger partial charge is 0.478 e. The second-order valence-electron chi connectivity index (χ2n) is 7.09. The maximum atomic E-state index is 13.1. The molecule has 1 fully saturated rings. The molecule has 34 heavy (non-hydrogen) atoms. The van der Waals surface area contributed by atoms with Gasteiger partial charge in [-0.3, -0.25) is 19.8 Å². The molecule has 11 heteroatoms. The van der Waals surface area contributed by atoms with Gasteiger partial charge < -0.3 is 9.52 Å². The van der Waals surface area contributed by atoms with Gasteiger partial charge in [0.25, 0.3) is 11.8 Å². The predicted octanol–water partition coefficient (Wildman–Crippen LogP) is 4.49. The number of nitrogens with one attached hydrogen (secondary N) is 1. The Bertz CT molecular complexity index is 1380. The SMILES string of the molecule is O=C1NC(=S)N(c2cccc(C(=O)O)c2)C(=O)C1=Cc1ccc(-c2cccc(C(F)(F)F)c2)o1. The number of carboxylic acid groups (broad SMARTS) is 1. The van der Waals surface area contributed by atoms with Crippen molar-refractivity contribution < 1.29 is 37.1 Å². The molecule has 0 aliphatic carbocycles. The number of furan rings is 1. The summed E-state index contributed by atoms with van der Waals surface area (Å²) in [7, 11) is 0.